The van der Waals surface area contributed by atoms with Crippen LogP contribution in [-0.2, 0) is 6.54 Å². The lowest BCUT2D eigenvalue weighted by Crippen LogP contribution is -2.26. The first kappa shape index (κ1) is 20.5. The van der Waals surface area contributed by atoms with Crippen molar-refractivity contribution in [1.82, 2.24) is 15.1 Å². The number of rotatable bonds is 6. The number of amides is 1. The fraction of sp³-hybridized carbons (Fsp3) is 0.154. The fourth-order valence-corrected chi connectivity index (χ4v) is 3.47. The molecule has 0 spiro atoms. The summed E-state index contributed by atoms with van der Waals surface area (Å²) in [6, 6.07) is 23.9. The van der Waals surface area contributed by atoms with E-state index in [1.54, 1.807) is 23.0 Å². The number of benzene rings is 3. The zero-order valence-electron chi connectivity index (χ0n) is 17.5. The second kappa shape index (κ2) is 8.96. The van der Waals surface area contributed by atoms with E-state index in [-0.39, 0.29) is 17.8 Å². The van der Waals surface area contributed by atoms with Gasteiger partial charge in [-0.15, -0.1) is 0 Å². The van der Waals surface area contributed by atoms with Crippen LogP contribution in [-0.4, -0.2) is 15.7 Å². The molecular formula is C26H24FN3O. The van der Waals surface area contributed by atoms with Crippen molar-refractivity contribution in [3.8, 4) is 11.3 Å². The molecule has 0 aliphatic rings. The maximum atomic E-state index is 13.2. The molecule has 1 atom stereocenters. The third-order valence-corrected chi connectivity index (χ3v) is 5.24. The third kappa shape index (κ3) is 4.89. The molecule has 4 rings (SSSR count). The van der Waals surface area contributed by atoms with Crippen LogP contribution in [0.15, 0.2) is 85.1 Å². The molecule has 1 heterocycles. The average molecular weight is 413 g/mol. The SMILES string of the molecule is Cc1ccc(-c2nn(Cc3ccccc3)cc2C(=O)NC(C)c2ccc(F)cc2)cc1. The molecule has 4 nitrogen and oxygen atoms in total. The van der Waals surface area contributed by atoms with Gasteiger partial charge in [0.05, 0.1) is 18.2 Å². The lowest BCUT2D eigenvalue weighted by atomic mass is 10.0. The lowest BCUT2D eigenvalue weighted by molar-refractivity contribution is 0.0940. The van der Waals surface area contributed by atoms with Crippen molar-refractivity contribution in [3.63, 3.8) is 0 Å². The van der Waals surface area contributed by atoms with Gasteiger partial charge in [-0.3, -0.25) is 9.48 Å². The van der Waals surface area contributed by atoms with Gasteiger partial charge in [0.15, 0.2) is 0 Å². The number of aromatic nitrogens is 2. The molecule has 1 unspecified atom stereocenters. The quantitative estimate of drug-likeness (QED) is 0.451. The van der Waals surface area contributed by atoms with Crippen molar-refractivity contribution < 1.29 is 9.18 Å². The van der Waals surface area contributed by atoms with Gasteiger partial charge in [0.2, 0.25) is 0 Å². The molecule has 0 aliphatic heterocycles. The molecule has 1 N–H and O–H groups in total. The molecule has 0 fully saturated rings. The predicted molar refractivity (Wildman–Crippen MR) is 120 cm³/mol. The number of hydrogen-bond donors (Lipinski definition) is 1. The Balaban J connectivity index is 1.64. The van der Waals surface area contributed by atoms with E-state index in [1.165, 1.54) is 12.1 Å². The van der Waals surface area contributed by atoms with Crippen LogP contribution in [0.25, 0.3) is 11.3 Å². The standard InChI is InChI=1S/C26H24FN3O/c1-18-8-10-22(11-9-18)25-24(17-30(29-25)16-20-6-4-3-5-7-20)26(31)28-19(2)21-12-14-23(27)15-13-21/h3-15,17,19H,16H2,1-2H3,(H,28,31). The van der Waals surface area contributed by atoms with Crippen molar-refractivity contribution in [2.24, 2.45) is 0 Å². The number of nitrogens with one attached hydrogen (secondary N) is 1. The van der Waals surface area contributed by atoms with Crippen LogP contribution in [0.3, 0.4) is 0 Å². The highest BCUT2D eigenvalue weighted by molar-refractivity contribution is 6.00. The van der Waals surface area contributed by atoms with E-state index in [1.807, 2.05) is 68.4 Å². The van der Waals surface area contributed by atoms with E-state index in [0.717, 1.165) is 22.3 Å². The molecule has 4 aromatic rings. The van der Waals surface area contributed by atoms with Crippen molar-refractivity contribution >= 4 is 5.91 Å². The smallest absolute Gasteiger partial charge is 0.255 e. The van der Waals surface area contributed by atoms with E-state index in [9.17, 15) is 9.18 Å². The summed E-state index contributed by atoms with van der Waals surface area (Å²) >= 11 is 0. The summed E-state index contributed by atoms with van der Waals surface area (Å²) in [6.45, 7) is 4.47. The molecule has 1 amide bonds. The van der Waals surface area contributed by atoms with Crippen LogP contribution >= 0.6 is 0 Å². The Morgan fingerprint density at radius 1 is 1.00 bits per heavy atom. The Hall–Kier alpha value is -3.73. The Bertz CT molecular complexity index is 1170. The van der Waals surface area contributed by atoms with Crippen molar-refractivity contribution in [2.75, 3.05) is 0 Å². The molecule has 3 aromatic carbocycles. The summed E-state index contributed by atoms with van der Waals surface area (Å²) in [6.07, 6.45) is 1.79. The number of aryl methyl sites for hydroxylation is 1. The van der Waals surface area contributed by atoms with Crippen molar-refractivity contribution in [2.45, 2.75) is 26.4 Å². The maximum Gasteiger partial charge on any atom is 0.255 e. The van der Waals surface area contributed by atoms with Crippen LogP contribution in [0.2, 0.25) is 0 Å². The van der Waals surface area contributed by atoms with Gasteiger partial charge in [-0.05, 0) is 37.1 Å². The highest BCUT2D eigenvalue weighted by Gasteiger charge is 2.20. The van der Waals surface area contributed by atoms with Crippen LogP contribution in [0.4, 0.5) is 4.39 Å². The van der Waals surface area contributed by atoms with Crippen molar-refractivity contribution in [3.05, 3.63) is 113 Å². The van der Waals surface area contributed by atoms with E-state index < -0.39 is 0 Å². The van der Waals surface area contributed by atoms with E-state index in [2.05, 4.69) is 5.32 Å². The molecule has 5 heteroatoms. The van der Waals surface area contributed by atoms with Crippen LogP contribution in [0.5, 0.6) is 0 Å². The molecule has 0 bridgehead atoms. The minimum atomic E-state index is -0.300. The molecule has 156 valence electrons. The molecule has 31 heavy (non-hydrogen) atoms. The fourth-order valence-electron chi connectivity index (χ4n) is 3.47. The first-order chi connectivity index (χ1) is 15.0. The minimum absolute atomic E-state index is 0.216. The number of carbonyl (C=O) groups excluding carboxylic acids is 1. The topological polar surface area (TPSA) is 46.9 Å². The molecule has 0 saturated heterocycles. The minimum Gasteiger partial charge on any atom is -0.345 e. The second-order valence-corrected chi connectivity index (χ2v) is 7.69. The van der Waals surface area contributed by atoms with Crippen LogP contribution < -0.4 is 5.32 Å². The molecule has 0 radical (unpaired) electrons. The zero-order valence-corrected chi connectivity index (χ0v) is 17.5. The number of nitrogens with zero attached hydrogens (tertiary/aromatic N) is 2. The Morgan fingerprint density at radius 2 is 1.68 bits per heavy atom. The Kier molecular flexibility index (Phi) is 5.94. The summed E-state index contributed by atoms with van der Waals surface area (Å²) in [5.41, 5.74) is 5.12. The summed E-state index contributed by atoms with van der Waals surface area (Å²) < 4.78 is 15.0. The zero-order chi connectivity index (χ0) is 21.8. The normalized spacial score (nSPS) is 11.8. The molecule has 0 aliphatic carbocycles. The van der Waals surface area contributed by atoms with E-state index >= 15 is 0 Å². The van der Waals surface area contributed by atoms with Gasteiger partial charge in [0, 0.05) is 11.8 Å². The Morgan fingerprint density at radius 3 is 2.35 bits per heavy atom. The maximum absolute atomic E-state index is 13.2. The summed E-state index contributed by atoms with van der Waals surface area (Å²) in [7, 11) is 0. The second-order valence-electron chi connectivity index (χ2n) is 7.69. The van der Waals surface area contributed by atoms with Gasteiger partial charge >= 0.3 is 0 Å². The monoisotopic (exact) mass is 413 g/mol. The highest BCUT2D eigenvalue weighted by atomic mass is 19.1. The van der Waals surface area contributed by atoms with Gasteiger partial charge in [0.25, 0.3) is 5.91 Å². The highest BCUT2D eigenvalue weighted by Crippen LogP contribution is 2.24. The molecule has 0 saturated carbocycles. The predicted octanol–water partition coefficient (Wildman–Crippen LogP) is 5.54. The first-order valence-corrected chi connectivity index (χ1v) is 10.2. The van der Waals surface area contributed by atoms with Crippen molar-refractivity contribution in [1.29, 1.82) is 0 Å². The summed E-state index contributed by atoms with van der Waals surface area (Å²) in [5, 5.41) is 7.74. The third-order valence-electron chi connectivity index (χ3n) is 5.24. The lowest BCUT2D eigenvalue weighted by Gasteiger charge is -2.14. The largest absolute Gasteiger partial charge is 0.345 e. The van der Waals surface area contributed by atoms with Crippen LogP contribution in [0, 0.1) is 12.7 Å². The average Bonchev–Trinajstić information content (AvgIpc) is 3.19. The Labute approximate surface area is 181 Å². The summed E-state index contributed by atoms with van der Waals surface area (Å²) in [5.74, 6) is -0.516. The van der Waals surface area contributed by atoms with E-state index in [0.29, 0.717) is 17.8 Å². The summed E-state index contributed by atoms with van der Waals surface area (Å²) in [4.78, 5) is 13.2. The van der Waals surface area contributed by atoms with Gasteiger partial charge in [0.1, 0.15) is 11.5 Å². The van der Waals surface area contributed by atoms with E-state index in [4.69, 9.17) is 5.10 Å². The molecule has 1 aromatic heterocycles. The molecular weight excluding hydrogens is 389 g/mol. The van der Waals surface area contributed by atoms with Gasteiger partial charge in [-0.2, -0.15) is 5.10 Å². The number of carbonyl (C=O) groups is 1. The van der Waals surface area contributed by atoms with Gasteiger partial charge in [-0.1, -0.05) is 72.3 Å². The first-order valence-electron chi connectivity index (χ1n) is 10.2. The number of halogens is 1. The van der Waals surface area contributed by atoms with Crippen LogP contribution in [0.1, 0.15) is 40.0 Å². The number of hydrogen-bond acceptors (Lipinski definition) is 2. The van der Waals surface area contributed by atoms with Gasteiger partial charge < -0.3 is 5.32 Å². The van der Waals surface area contributed by atoms with Gasteiger partial charge in [-0.25, -0.2) is 4.39 Å².